The molecule has 4 heteroatoms. The fourth-order valence-electron chi connectivity index (χ4n) is 1.76. The monoisotopic (exact) mass is 229 g/mol. The molecule has 0 aliphatic rings. The van der Waals surface area contributed by atoms with E-state index in [0.29, 0.717) is 12.1 Å². The van der Waals surface area contributed by atoms with E-state index in [0.717, 1.165) is 16.9 Å². The highest BCUT2D eigenvalue weighted by molar-refractivity contribution is 5.95. The van der Waals surface area contributed by atoms with Crippen molar-refractivity contribution in [3.63, 3.8) is 0 Å². The largest absolute Gasteiger partial charge is 0.379 e. The number of H-pyrrole nitrogens is 1. The molecule has 2 rings (SSSR count). The summed E-state index contributed by atoms with van der Waals surface area (Å²) in [7, 11) is 0. The van der Waals surface area contributed by atoms with E-state index in [1.807, 2.05) is 37.4 Å². The Morgan fingerprint density at radius 2 is 2.18 bits per heavy atom. The minimum absolute atomic E-state index is 0.397. The third-order valence-corrected chi connectivity index (χ3v) is 2.73. The molecule has 0 saturated heterocycles. The molecule has 0 radical (unpaired) electrons. The van der Waals surface area contributed by atoms with Crippen LogP contribution in [0.15, 0.2) is 36.5 Å². The molecule has 0 unspecified atom stereocenters. The van der Waals surface area contributed by atoms with Gasteiger partial charge in [-0.25, -0.2) is 0 Å². The Bertz CT molecular complexity index is 517. The zero-order valence-electron chi connectivity index (χ0n) is 9.66. The number of aromatic nitrogens is 1. The van der Waals surface area contributed by atoms with Gasteiger partial charge in [0.05, 0.1) is 6.54 Å². The Balaban J connectivity index is 2.16. The minimum atomic E-state index is -0.397. The first-order valence-corrected chi connectivity index (χ1v) is 5.44. The second kappa shape index (κ2) is 4.74. The average molecular weight is 229 g/mol. The normalized spacial score (nSPS) is 10.2. The molecular formula is C13H15N3O. The van der Waals surface area contributed by atoms with Crippen molar-refractivity contribution in [3.05, 3.63) is 53.3 Å². The van der Waals surface area contributed by atoms with Crippen LogP contribution < -0.4 is 11.1 Å². The van der Waals surface area contributed by atoms with Crippen LogP contribution in [0.3, 0.4) is 0 Å². The molecule has 1 heterocycles. The van der Waals surface area contributed by atoms with Crippen LogP contribution in [0.2, 0.25) is 0 Å². The number of hydrogen-bond acceptors (Lipinski definition) is 2. The third-order valence-electron chi connectivity index (χ3n) is 2.73. The van der Waals surface area contributed by atoms with Crippen molar-refractivity contribution in [2.24, 2.45) is 5.73 Å². The predicted octanol–water partition coefficient (Wildman–Crippen LogP) is 2.03. The highest BCUT2D eigenvalue weighted by Gasteiger charge is 2.07. The van der Waals surface area contributed by atoms with Gasteiger partial charge in [0.25, 0.3) is 0 Å². The topological polar surface area (TPSA) is 70.9 Å². The summed E-state index contributed by atoms with van der Waals surface area (Å²) in [6, 6.07) is 9.44. The molecule has 1 aromatic heterocycles. The Labute approximate surface area is 99.8 Å². The zero-order valence-corrected chi connectivity index (χ0v) is 9.66. The number of nitrogens with two attached hydrogens (primary N) is 1. The summed E-state index contributed by atoms with van der Waals surface area (Å²) in [6.45, 7) is 2.58. The summed E-state index contributed by atoms with van der Waals surface area (Å²) in [5, 5.41) is 3.27. The summed E-state index contributed by atoms with van der Waals surface area (Å²) in [5.41, 5.74) is 8.76. The highest BCUT2D eigenvalue weighted by atomic mass is 16.1. The highest BCUT2D eigenvalue weighted by Crippen LogP contribution is 2.19. The van der Waals surface area contributed by atoms with E-state index in [1.54, 1.807) is 6.07 Å². The van der Waals surface area contributed by atoms with Gasteiger partial charge in [-0.2, -0.15) is 0 Å². The van der Waals surface area contributed by atoms with Crippen LogP contribution in [0.4, 0.5) is 5.69 Å². The maximum atomic E-state index is 11.2. The lowest BCUT2D eigenvalue weighted by atomic mass is 10.1. The zero-order chi connectivity index (χ0) is 12.3. The standard InChI is InChI=1S/C13H15N3O/c1-9-11(13(14)17)5-2-6-12(9)16-8-10-4-3-7-15-10/h2-7,15-16H,8H2,1H3,(H2,14,17). The SMILES string of the molecule is Cc1c(NCc2ccc[nH]2)cccc1C(N)=O. The van der Waals surface area contributed by atoms with Crippen LogP contribution in [0.5, 0.6) is 0 Å². The van der Waals surface area contributed by atoms with E-state index in [4.69, 9.17) is 5.73 Å². The molecule has 4 nitrogen and oxygen atoms in total. The number of carbonyl (C=O) groups is 1. The van der Waals surface area contributed by atoms with Crippen molar-refractivity contribution in [2.45, 2.75) is 13.5 Å². The molecule has 88 valence electrons. The molecule has 1 aromatic carbocycles. The van der Waals surface area contributed by atoms with Crippen molar-refractivity contribution in [2.75, 3.05) is 5.32 Å². The van der Waals surface area contributed by atoms with Gasteiger partial charge in [-0.15, -0.1) is 0 Å². The summed E-state index contributed by atoms with van der Waals surface area (Å²) in [6.07, 6.45) is 1.88. The van der Waals surface area contributed by atoms with Crippen LogP contribution >= 0.6 is 0 Å². The Morgan fingerprint density at radius 3 is 2.82 bits per heavy atom. The van der Waals surface area contributed by atoms with E-state index in [1.165, 1.54) is 0 Å². The lowest BCUT2D eigenvalue weighted by Crippen LogP contribution is -2.13. The molecular weight excluding hydrogens is 214 g/mol. The fraction of sp³-hybridized carbons (Fsp3) is 0.154. The third kappa shape index (κ3) is 2.47. The Hall–Kier alpha value is -2.23. The van der Waals surface area contributed by atoms with E-state index < -0.39 is 5.91 Å². The molecule has 1 amide bonds. The van der Waals surface area contributed by atoms with Gasteiger partial charge >= 0.3 is 0 Å². The number of hydrogen-bond donors (Lipinski definition) is 3. The lowest BCUT2D eigenvalue weighted by Gasteiger charge is -2.11. The number of nitrogens with one attached hydrogen (secondary N) is 2. The van der Waals surface area contributed by atoms with Crippen LogP contribution in [-0.4, -0.2) is 10.9 Å². The first-order valence-electron chi connectivity index (χ1n) is 5.44. The van der Waals surface area contributed by atoms with E-state index in [-0.39, 0.29) is 0 Å². The summed E-state index contributed by atoms with van der Waals surface area (Å²) in [5.74, 6) is -0.397. The van der Waals surface area contributed by atoms with Gasteiger partial charge < -0.3 is 16.0 Å². The molecule has 0 saturated carbocycles. The van der Waals surface area contributed by atoms with Crippen molar-refractivity contribution in [1.29, 1.82) is 0 Å². The van der Waals surface area contributed by atoms with Crippen LogP contribution in [0.25, 0.3) is 0 Å². The van der Waals surface area contributed by atoms with Gasteiger partial charge in [-0.1, -0.05) is 6.07 Å². The Kier molecular flexibility index (Phi) is 3.14. The minimum Gasteiger partial charge on any atom is -0.379 e. The van der Waals surface area contributed by atoms with Crippen molar-refractivity contribution >= 4 is 11.6 Å². The molecule has 0 bridgehead atoms. The van der Waals surface area contributed by atoms with E-state index in [9.17, 15) is 4.79 Å². The first kappa shape index (κ1) is 11.3. The lowest BCUT2D eigenvalue weighted by molar-refractivity contribution is 0.1000. The molecule has 0 atom stereocenters. The summed E-state index contributed by atoms with van der Waals surface area (Å²) in [4.78, 5) is 14.3. The smallest absolute Gasteiger partial charge is 0.249 e. The number of benzene rings is 1. The summed E-state index contributed by atoms with van der Waals surface area (Å²) >= 11 is 0. The molecule has 0 aliphatic carbocycles. The van der Waals surface area contributed by atoms with Crippen LogP contribution in [-0.2, 0) is 6.54 Å². The maximum absolute atomic E-state index is 11.2. The van der Waals surface area contributed by atoms with Gasteiger partial charge in [0.2, 0.25) is 5.91 Å². The van der Waals surface area contributed by atoms with Gasteiger partial charge in [-0.3, -0.25) is 4.79 Å². The molecule has 0 spiro atoms. The Morgan fingerprint density at radius 1 is 1.35 bits per heavy atom. The van der Waals surface area contributed by atoms with Gasteiger partial charge in [-0.05, 0) is 36.8 Å². The maximum Gasteiger partial charge on any atom is 0.249 e. The molecule has 2 aromatic rings. The summed E-state index contributed by atoms with van der Waals surface area (Å²) < 4.78 is 0. The second-order valence-electron chi connectivity index (χ2n) is 3.89. The fourth-order valence-corrected chi connectivity index (χ4v) is 1.76. The van der Waals surface area contributed by atoms with E-state index >= 15 is 0 Å². The first-order chi connectivity index (χ1) is 8.18. The van der Waals surface area contributed by atoms with Gasteiger partial charge in [0.15, 0.2) is 0 Å². The second-order valence-corrected chi connectivity index (χ2v) is 3.89. The van der Waals surface area contributed by atoms with Gasteiger partial charge in [0, 0.05) is 23.1 Å². The van der Waals surface area contributed by atoms with Crippen LogP contribution in [0, 0.1) is 6.92 Å². The van der Waals surface area contributed by atoms with Gasteiger partial charge in [0.1, 0.15) is 0 Å². The number of amides is 1. The number of rotatable bonds is 4. The molecule has 0 fully saturated rings. The van der Waals surface area contributed by atoms with Crippen molar-refractivity contribution in [3.8, 4) is 0 Å². The van der Waals surface area contributed by atoms with E-state index in [2.05, 4.69) is 10.3 Å². The predicted molar refractivity (Wildman–Crippen MR) is 67.8 cm³/mol. The number of aromatic amines is 1. The molecule has 4 N–H and O–H groups in total. The van der Waals surface area contributed by atoms with Crippen LogP contribution in [0.1, 0.15) is 21.6 Å². The van der Waals surface area contributed by atoms with Crippen molar-refractivity contribution in [1.82, 2.24) is 4.98 Å². The average Bonchev–Trinajstić information content (AvgIpc) is 2.80. The number of primary amides is 1. The van der Waals surface area contributed by atoms with Crippen molar-refractivity contribution < 1.29 is 4.79 Å². The molecule has 0 aliphatic heterocycles. The number of anilines is 1. The quantitative estimate of drug-likeness (QED) is 0.750. The number of carbonyl (C=O) groups excluding carboxylic acids is 1. The molecule has 17 heavy (non-hydrogen) atoms.